The molecule has 15 heavy (non-hydrogen) atoms. The Morgan fingerprint density at radius 1 is 1.33 bits per heavy atom. The molecule has 1 rings (SSSR count). The largest absolute Gasteiger partial charge is 0.481 e. The van der Waals surface area contributed by atoms with Gasteiger partial charge in [-0.25, -0.2) is 4.98 Å². The molecule has 0 bridgehead atoms. The minimum atomic E-state index is 0.317. The quantitative estimate of drug-likeness (QED) is 0.742. The van der Waals surface area contributed by atoms with Crippen molar-refractivity contribution in [3.63, 3.8) is 0 Å². The second kappa shape index (κ2) is 5.62. The zero-order chi connectivity index (χ0) is 11.1. The first-order valence-corrected chi connectivity index (χ1v) is 4.58. The van der Waals surface area contributed by atoms with E-state index in [1.54, 1.807) is 13.2 Å². The van der Waals surface area contributed by atoms with Crippen LogP contribution in [0.4, 0.5) is 0 Å². The fourth-order valence-electron chi connectivity index (χ4n) is 1.26. The lowest BCUT2D eigenvalue weighted by atomic mass is 10.1. The van der Waals surface area contributed by atoms with E-state index in [0.29, 0.717) is 25.1 Å². The van der Waals surface area contributed by atoms with Crippen molar-refractivity contribution in [2.45, 2.75) is 19.3 Å². The van der Waals surface area contributed by atoms with Gasteiger partial charge in [-0.15, -0.1) is 0 Å². The third-order valence-corrected chi connectivity index (χ3v) is 2.00. The van der Waals surface area contributed by atoms with E-state index >= 15 is 0 Å². The van der Waals surface area contributed by atoms with Crippen molar-refractivity contribution in [3.8, 4) is 18.0 Å². The number of aryl methyl sites for hydroxylation is 1. The number of nitrogens with zero attached hydrogens (tertiary/aromatic N) is 3. The van der Waals surface area contributed by atoms with Gasteiger partial charge in [0.25, 0.3) is 0 Å². The first-order chi connectivity index (χ1) is 7.31. The van der Waals surface area contributed by atoms with Gasteiger partial charge in [-0.3, -0.25) is 0 Å². The molecule has 0 aliphatic heterocycles. The molecule has 1 aromatic rings. The summed E-state index contributed by atoms with van der Waals surface area (Å²) in [5, 5.41) is 17.1. The van der Waals surface area contributed by atoms with Gasteiger partial charge in [0.1, 0.15) is 0 Å². The van der Waals surface area contributed by atoms with E-state index in [-0.39, 0.29) is 0 Å². The molecule has 0 fully saturated rings. The monoisotopic (exact) mass is 201 g/mol. The normalized spacial score (nSPS) is 9.00. The lowest BCUT2D eigenvalue weighted by Gasteiger charge is -2.06. The highest BCUT2D eigenvalue weighted by Gasteiger charge is 2.05. The van der Waals surface area contributed by atoms with Crippen LogP contribution in [0.15, 0.2) is 12.1 Å². The molecule has 4 nitrogen and oxygen atoms in total. The van der Waals surface area contributed by atoms with Gasteiger partial charge in [-0.2, -0.15) is 10.5 Å². The number of pyridine rings is 1. The summed E-state index contributed by atoms with van der Waals surface area (Å²) in [6.45, 7) is 0. The van der Waals surface area contributed by atoms with Crippen molar-refractivity contribution in [2.75, 3.05) is 7.11 Å². The van der Waals surface area contributed by atoms with Crippen molar-refractivity contribution in [1.29, 1.82) is 10.5 Å². The van der Waals surface area contributed by atoms with Gasteiger partial charge in [-0.1, -0.05) is 6.07 Å². The highest BCUT2D eigenvalue weighted by Crippen LogP contribution is 2.14. The lowest BCUT2D eigenvalue weighted by Crippen LogP contribution is -1.99. The smallest absolute Gasteiger partial charge is 0.213 e. The number of rotatable bonds is 4. The second-order valence-corrected chi connectivity index (χ2v) is 2.95. The minimum absolute atomic E-state index is 0.317. The average molecular weight is 201 g/mol. The van der Waals surface area contributed by atoms with Crippen LogP contribution in [-0.4, -0.2) is 12.1 Å². The zero-order valence-corrected chi connectivity index (χ0v) is 8.53. The number of ether oxygens (including phenoxy) is 1. The SMILES string of the molecule is COc1ccc(CC#N)c(CCC#N)n1. The molecule has 0 atom stereocenters. The fraction of sp³-hybridized carbons (Fsp3) is 0.364. The lowest BCUT2D eigenvalue weighted by molar-refractivity contribution is 0.396. The predicted molar refractivity (Wildman–Crippen MR) is 54.0 cm³/mol. The second-order valence-electron chi connectivity index (χ2n) is 2.95. The number of hydrogen-bond acceptors (Lipinski definition) is 4. The number of hydrogen-bond donors (Lipinski definition) is 0. The van der Waals surface area contributed by atoms with Gasteiger partial charge in [0, 0.05) is 24.6 Å². The molecular weight excluding hydrogens is 190 g/mol. The fourth-order valence-corrected chi connectivity index (χ4v) is 1.26. The van der Waals surface area contributed by atoms with E-state index in [9.17, 15) is 0 Å². The van der Waals surface area contributed by atoms with Crippen LogP contribution in [0, 0.1) is 22.7 Å². The van der Waals surface area contributed by atoms with Crippen LogP contribution in [-0.2, 0) is 12.8 Å². The van der Waals surface area contributed by atoms with E-state index in [1.807, 2.05) is 6.07 Å². The maximum atomic E-state index is 8.62. The third kappa shape index (κ3) is 2.96. The van der Waals surface area contributed by atoms with E-state index < -0.39 is 0 Å². The van der Waals surface area contributed by atoms with E-state index in [0.717, 1.165) is 11.3 Å². The molecule has 0 N–H and O–H groups in total. The molecule has 0 saturated heterocycles. The highest BCUT2D eigenvalue weighted by molar-refractivity contribution is 5.28. The molecule has 0 spiro atoms. The minimum Gasteiger partial charge on any atom is -0.481 e. The number of methoxy groups -OCH3 is 1. The van der Waals surface area contributed by atoms with E-state index in [4.69, 9.17) is 15.3 Å². The Morgan fingerprint density at radius 3 is 2.73 bits per heavy atom. The van der Waals surface area contributed by atoms with Gasteiger partial charge in [0.15, 0.2) is 0 Å². The van der Waals surface area contributed by atoms with Crippen LogP contribution < -0.4 is 4.74 Å². The Hall–Kier alpha value is -2.07. The van der Waals surface area contributed by atoms with Gasteiger partial charge >= 0.3 is 0 Å². The Balaban J connectivity index is 2.96. The van der Waals surface area contributed by atoms with Crippen molar-refractivity contribution in [3.05, 3.63) is 23.4 Å². The van der Waals surface area contributed by atoms with Crippen LogP contribution in [0.2, 0.25) is 0 Å². The van der Waals surface area contributed by atoms with Crippen LogP contribution in [0.5, 0.6) is 5.88 Å². The standard InChI is InChI=1S/C11H11N3O/c1-15-11-5-4-9(6-8-13)10(14-11)3-2-7-12/h4-5H,2-3,6H2,1H3. The summed E-state index contributed by atoms with van der Waals surface area (Å²) in [5.74, 6) is 0.518. The summed E-state index contributed by atoms with van der Waals surface area (Å²) < 4.78 is 4.99. The molecule has 0 aromatic carbocycles. The molecular formula is C11H11N3O. The Labute approximate surface area is 88.7 Å². The van der Waals surface area contributed by atoms with Crippen molar-refractivity contribution >= 4 is 0 Å². The van der Waals surface area contributed by atoms with Gasteiger partial charge < -0.3 is 4.74 Å². The van der Waals surface area contributed by atoms with Crippen LogP contribution >= 0.6 is 0 Å². The maximum absolute atomic E-state index is 8.62. The van der Waals surface area contributed by atoms with Crippen molar-refractivity contribution < 1.29 is 4.74 Å². The van der Waals surface area contributed by atoms with Crippen molar-refractivity contribution in [1.82, 2.24) is 4.98 Å². The van der Waals surface area contributed by atoms with Gasteiger partial charge in [0.2, 0.25) is 5.88 Å². The third-order valence-electron chi connectivity index (χ3n) is 2.00. The summed E-state index contributed by atoms with van der Waals surface area (Å²) in [4.78, 5) is 4.22. The van der Waals surface area contributed by atoms with Crippen LogP contribution in [0.1, 0.15) is 17.7 Å². The summed E-state index contributed by atoms with van der Waals surface area (Å²) in [5.41, 5.74) is 1.64. The Kier molecular flexibility index (Phi) is 4.12. The first kappa shape index (κ1) is 11.0. The summed E-state index contributed by atoms with van der Waals surface area (Å²) in [7, 11) is 1.54. The molecule has 0 unspecified atom stereocenters. The molecule has 0 saturated carbocycles. The molecule has 1 aromatic heterocycles. The Morgan fingerprint density at radius 2 is 2.13 bits per heavy atom. The maximum Gasteiger partial charge on any atom is 0.213 e. The van der Waals surface area contributed by atoms with E-state index in [2.05, 4.69) is 17.1 Å². The summed E-state index contributed by atoms with van der Waals surface area (Å²) in [6, 6.07) is 7.68. The topological polar surface area (TPSA) is 69.7 Å². The van der Waals surface area contributed by atoms with Gasteiger partial charge in [0.05, 0.1) is 25.7 Å². The predicted octanol–water partition coefficient (Wildman–Crippen LogP) is 1.61. The molecule has 76 valence electrons. The molecule has 0 aliphatic carbocycles. The molecule has 4 heteroatoms. The van der Waals surface area contributed by atoms with Crippen LogP contribution in [0.25, 0.3) is 0 Å². The molecule has 0 amide bonds. The summed E-state index contributed by atoms with van der Waals surface area (Å²) >= 11 is 0. The highest BCUT2D eigenvalue weighted by atomic mass is 16.5. The number of aromatic nitrogens is 1. The number of nitriles is 2. The Bertz CT molecular complexity index is 415. The molecule has 1 heterocycles. The van der Waals surface area contributed by atoms with Gasteiger partial charge in [-0.05, 0) is 5.56 Å². The summed E-state index contributed by atoms with van der Waals surface area (Å²) in [6.07, 6.45) is 1.28. The van der Waals surface area contributed by atoms with Crippen molar-refractivity contribution in [2.24, 2.45) is 0 Å². The molecule has 0 radical (unpaired) electrons. The van der Waals surface area contributed by atoms with E-state index in [1.165, 1.54) is 0 Å². The van der Waals surface area contributed by atoms with Crippen LogP contribution in [0.3, 0.4) is 0 Å². The zero-order valence-electron chi connectivity index (χ0n) is 8.53. The first-order valence-electron chi connectivity index (χ1n) is 4.58. The molecule has 0 aliphatic rings. The average Bonchev–Trinajstić information content (AvgIpc) is 2.28.